The van der Waals surface area contributed by atoms with Crippen molar-refractivity contribution in [3.05, 3.63) is 0 Å². The molecule has 0 fully saturated rings. The zero-order valence-corrected chi connectivity index (χ0v) is 9.60. The predicted molar refractivity (Wildman–Crippen MR) is 55.1 cm³/mol. The summed E-state index contributed by atoms with van der Waals surface area (Å²) in [4.78, 5) is 11.2. The molecule has 0 saturated carbocycles. The molecule has 6 heteroatoms. The summed E-state index contributed by atoms with van der Waals surface area (Å²) in [6, 6.07) is -0.742. The fraction of sp³-hybridized carbons (Fsp3) is 0.875. The van der Waals surface area contributed by atoms with Crippen LogP contribution in [0.4, 0.5) is 0 Å². The van der Waals surface area contributed by atoms with Gasteiger partial charge in [0.05, 0.1) is 11.3 Å². The molecule has 0 aliphatic heterocycles. The lowest BCUT2D eigenvalue weighted by Crippen LogP contribution is -2.45. The maximum absolute atomic E-state index is 11.3. The molecule has 84 valence electrons. The van der Waals surface area contributed by atoms with Crippen LogP contribution in [0.5, 0.6) is 0 Å². The summed E-state index contributed by atoms with van der Waals surface area (Å²) >= 11 is 0. The summed E-state index contributed by atoms with van der Waals surface area (Å²) in [6.45, 7) is 4.88. The first kappa shape index (κ1) is 13.4. The molecule has 14 heavy (non-hydrogen) atoms. The largest absolute Gasteiger partial charge is 0.320 e. The number of amides is 1. The average molecular weight is 222 g/mol. The van der Waals surface area contributed by atoms with E-state index in [0.717, 1.165) is 6.42 Å². The lowest BCUT2D eigenvalue weighted by atomic mass is 10.2. The van der Waals surface area contributed by atoms with Crippen LogP contribution in [0.2, 0.25) is 0 Å². The molecular formula is C8H18N2O3S. The Morgan fingerprint density at radius 3 is 2.29 bits per heavy atom. The average Bonchev–Trinajstić information content (AvgIpc) is 2.03. The first-order valence-corrected chi connectivity index (χ1v) is 6.17. The molecule has 0 aromatic rings. The summed E-state index contributed by atoms with van der Waals surface area (Å²) < 4.78 is 24.5. The van der Waals surface area contributed by atoms with E-state index in [2.05, 4.69) is 0 Å². The number of sulfonamides is 1. The van der Waals surface area contributed by atoms with Gasteiger partial charge in [-0.3, -0.25) is 9.52 Å². The number of carbonyl (C=O) groups excluding carboxylic acids is 1. The summed E-state index contributed by atoms with van der Waals surface area (Å²) in [7, 11) is -3.54. The van der Waals surface area contributed by atoms with Gasteiger partial charge in [0.2, 0.25) is 15.9 Å². The fourth-order valence-electron chi connectivity index (χ4n) is 0.776. The van der Waals surface area contributed by atoms with Crippen LogP contribution in [-0.4, -0.2) is 25.6 Å². The minimum Gasteiger partial charge on any atom is -0.320 e. The SMILES string of the molecule is CCC[C@H](N)C(=O)NS(=O)(=O)C(C)C. The van der Waals surface area contributed by atoms with Crippen LogP contribution < -0.4 is 10.5 Å². The van der Waals surface area contributed by atoms with E-state index < -0.39 is 27.2 Å². The Morgan fingerprint density at radius 2 is 1.93 bits per heavy atom. The topological polar surface area (TPSA) is 89.3 Å². The molecule has 0 radical (unpaired) electrons. The van der Waals surface area contributed by atoms with Crippen LogP contribution in [0.1, 0.15) is 33.6 Å². The van der Waals surface area contributed by atoms with Gasteiger partial charge in [0.1, 0.15) is 0 Å². The van der Waals surface area contributed by atoms with Crippen molar-refractivity contribution in [2.24, 2.45) is 5.73 Å². The molecule has 0 rings (SSSR count). The van der Waals surface area contributed by atoms with Crippen molar-refractivity contribution in [2.75, 3.05) is 0 Å². The molecule has 0 aliphatic carbocycles. The van der Waals surface area contributed by atoms with E-state index in [9.17, 15) is 13.2 Å². The Morgan fingerprint density at radius 1 is 1.43 bits per heavy atom. The van der Waals surface area contributed by atoms with Gasteiger partial charge in [-0.1, -0.05) is 13.3 Å². The van der Waals surface area contributed by atoms with E-state index in [-0.39, 0.29) is 0 Å². The summed E-state index contributed by atoms with van der Waals surface area (Å²) in [5.74, 6) is -0.624. The summed E-state index contributed by atoms with van der Waals surface area (Å²) in [5, 5.41) is -0.625. The van der Waals surface area contributed by atoms with Crippen molar-refractivity contribution in [2.45, 2.75) is 44.9 Å². The van der Waals surface area contributed by atoms with Crippen LogP contribution in [0.3, 0.4) is 0 Å². The lowest BCUT2D eigenvalue weighted by Gasteiger charge is -2.13. The number of nitrogens with one attached hydrogen (secondary N) is 1. The van der Waals surface area contributed by atoms with Crippen LogP contribution in [0, 0.1) is 0 Å². The van der Waals surface area contributed by atoms with Gasteiger partial charge in [-0.2, -0.15) is 0 Å². The number of carbonyl (C=O) groups is 1. The van der Waals surface area contributed by atoms with E-state index in [1.54, 1.807) is 0 Å². The van der Waals surface area contributed by atoms with Crippen LogP contribution >= 0.6 is 0 Å². The number of hydrogen-bond acceptors (Lipinski definition) is 4. The zero-order chi connectivity index (χ0) is 11.4. The molecule has 1 amide bonds. The van der Waals surface area contributed by atoms with Crippen molar-refractivity contribution >= 4 is 15.9 Å². The number of nitrogens with two attached hydrogens (primary N) is 1. The van der Waals surface area contributed by atoms with Gasteiger partial charge in [0, 0.05) is 0 Å². The minimum absolute atomic E-state index is 0.486. The van der Waals surface area contributed by atoms with Crippen molar-refractivity contribution in [1.82, 2.24) is 4.72 Å². The number of rotatable bonds is 5. The Bertz CT molecular complexity index is 285. The lowest BCUT2D eigenvalue weighted by molar-refractivity contribution is -0.120. The predicted octanol–water partition coefficient (Wildman–Crippen LogP) is -0.0318. The molecule has 3 N–H and O–H groups in total. The molecule has 0 spiro atoms. The normalized spacial score (nSPS) is 14.1. The molecule has 5 nitrogen and oxygen atoms in total. The highest BCUT2D eigenvalue weighted by molar-refractivity contribution is 7.90. The van der Waals surface area contributed by atoms with Crippen molar-refractivity contribution < 1.29 is 13.2 Å². The van der Waals surface area contributed by atoms with Crippen LogP contribution in [-0.2, 0) is 14.8 Å². The van der Waals surface area contributed by atoms with Gasteiger partial charge in [-0.15, -0.1) is 0 Å². The quantitative estimate of drug-likeness (QED) is 0.683. The van der Waals surface area contributed by atoms with Gasteiger partial charge in [-0.05, 0) is 20.3 Å². The maximum atomic E-state index is 11.3. The summed E-state index contributed by atoms with van der Waals surface area (Å²) in [6.07, 6.45) is 1.23. The zero-order valence-electron chi connectivity index (χ0n) is 8.78. The Kier molecular flexibility index (Phi) is 5.07. The molecule has 0 aromatic carbocycles. The molecule has 0 aromatic heterocycles. The van der Waals surface area contributed by atoms with E-state index in [0.29, 0.717) is 6.42 Å². The number of hydrogen-bond donors (Lipinski definition) is 2. The highest BCUT2D eigenvalue weighted by atomic mass is 32.2. The van der Waals surface area contributed by atoms with E-state index in [4.69, 9.17) is 5.73 Å². The van der Waals surface area contributed by atoms with Gasteiger partial charge in [0.25, 0.3) is 0 Å². The smallest absolute Gasteiger partial charge is 0.250 e. The monoisotopic (exact) mass is 222 g/mol. The first-order chi connectivity index (χ1) is 6.31. The van der Waals surface area contributed by atoms with E-state index in [1.807, 2.05) is 11.6 Å². The molecule has 0 saturated heterocycles. The summed E-state index contributed by atoms with van der Waals surface area (Å²) in [5.41, 5.74) is 5.46. The van der Waals surface area contributed by atoms with Crippen molar-refractivity contribution in [3.8, 4) is 0 Å². The second-order valence-corrected chi connectivity index (χ2v) is 5.69. The van der Waals surface area contributed by atoms with Crippen LogP contribution in [0.25, 0.3) is 0 Å². The molecular weight excluding hydrogens is 204 g/mol. The highest BCUT2D eigenvalue weighted by Crippen LogP contribution is 1.99. The highest BCUT2D eigenvalue weighted by Gasteiger charge is 2.22. The molecule has 1 atom stereocenters. The molecule has 0 aliphatic rings. The van der Waals surface area contributed by atoms with Gasteiger partial charge in [-0.25, -0.2) is 8.42 Å². The van der Waals surface area contributed by atoms with Crippen LogP contribution in [0.15, 0.2) is 0 Å². The fourth-order valence-corrected chi connectivity index (χ4v) is 1.44. The Hall–Kier alpha value is -0.620. The van der Waals surface area contributed by atoms with Gasteiger partial charge in [0.15, 0.2) is 0 Å². The van der Waals surface area contributed by atoms with Gasteiger partial charge >= 0.3 is 0 Å². The molecule has 0 bridgehead atoms. The minimum atomic E-state index is -3.54. The maximum Gasteiger partial charge on any atom is 0.250 e. The Labute approximate surface area is 85.1 Å². The second-order valence-electron chi connectivity index (χ2n) is 3.46. The van der Waals surface area contributed by atoms with E-state index in [1.165, 1.54) is 13.8 Å². The third-order valence-corrected chi connectivity index (χ3v) is 3.53. The van der Waals surface area contributed by atoms with Gasteiger partial charge < -0.3 is 5.73 Å². The van der Waals surface area contributed by atoms with Crippen molar-refractivity contribution in [3.63, 3.8) is 0 Å². The molecule has 0 unspecified atom stereocenters. The second kappa shape index (κ2) is 5.31. The Balaban J connectivity index is 4.33. The first-order valence-electron chi connectivity index (χ1n) is 4.62. The molecule has 0 heterocycles. The third kappa shape index (κ3) is 4.06. The third-order valence-electron chi connectivity index (χ3n) is 1.80. The standard InChI is InChI=1S/C8H18N2O3S/c1-4-5-7(9)8(11)10-14(12,13)6(2)3/h6-7H,4-5,9H2,1-3H3,(H,10,11)/t7-/m0/s1. The van der Waals surface area contributed by atoms with Crippen molar-refractivity contribution in [1.29, 1.82) is 0 Å². The van der Waals surface area contributed by atoms with E-state index >= 15 is 0 Å².